The molecule has 0 bridgehead atoms. The second-order valence-electron chi connectivity index (χ2n) is 2.99. The van der Waals surface area contributed by atoms with Crippen LogP contribution in [0, 0.1) is 5.92 Å². The highest BCUT2D eigenvalue weighted by atomic mass is 16.1. The van der Waals surface area contributed by atoms with Gasteiger partial charge in [0.25, 0.3) is 0 Å². The molecule has 3 N–H and O–H groups in total. The molecule has 1 aliphatic rings. The quantitative estimate of drug-likeness (QED) is 0.622. The molecule has 3 heteroatoms. The van der Waals surface area contributed by atoms with Crippen LogP contribution < -0.4 is 5.73 Å². The van der Waals surface area contributed by atoms with Crippen LogP contribution in [0.2, 0.25) is 0 Å². The van der Waals surface area contributed by atoms with Gasteiger partial charge in [-0.05, 0) is 18.9 Å². The van der Waals surface area contributed by atoms with E-state index in [9.17, 15) is 4.79 Å². The molecule has 0 radical (unpaired) electrons. The maximum atomic E-state index is 11.3. The number of nitrogens with one attached hydrogen (secondary N) is 1. The van der Waals surface area contributed by atoms with E-state index in [1.54, 1.807) is 12.3 Å². The Bertz CT molecular complexity index is 286. The summed E-state index contributed by atoms with van der Waals surface area (Å²) in [4.78, 5) is 14.2. The van der Waals surface area contributed by atoms with Crippen molar-refractivity contribution < 1.29 is 4.79 Å². The van der Waals surface area contributed by atoms with Crippen LogP contribution >= 0.6 is 0 Å². The monoisotopic (exact) mass is 150 g/mol. The number of nitrogen functional groups attached to an aromatic ring is 1. The molecular weight excluding hydrogens is 140 g/mol. The van der Waals surface area contributed by atoms with E-state index in [0.717, 1.165) is 12.8 Å². The third-order valence-electron chi connectivity index (χ3n) is 1.92. The van der Waals surface area contributed by atoms with E-state index in [2.05, 4.69) is 4.98 Å². The first-order chi connectivity index (χ1) is 5.27. The van der Waals surface area contributed by atoms with Crippen molar-refractivity contribution in [3.63, 3.8) is 0 Å². The zero-order chi connectivity index (χ0) is 7.84. The molecule has 0 atom stereocenters. The molecule has 1 saturated carbocycles. The lowest BCUT2D eigenvalue weighted by atomic mass is 10.2. The summed E-state index contributed by atoms with van der Waals surface area (Å²) < 4.78 is 0. The van der Waals surface area contributed by atoms with Gasteiger partial charge in [0.05, 0.1) is 5.69 Å². The van der Waals surface area contributed by atoms with Crippen molar-refractivity contribution in [1.82, 2.24) is 4.98 Å². The van der Waals surface area contributed by atoms with E-state index < -0.39 is 0 Å². The molecule has 0 spiro atoms. The average Bonchev–Trinajstić information content (AvgIpc) is 2.74. The van der Waals surface area contributed by atoms with Gasteiger partial charge in [0, 0.05) is 17.8 Å². The first kappa shape index (κ1) is 6.46. The maximum absolute atomic E-state index is 11.3. The standard InChI is InChI=1S/C8H10N2O/c9-6-3-7(10-4-6)8(11)5-1-2-5/h3-5,10H,1-2,9H2. The number of anilines is 1. The topological polar surface area (TPSA) is 58.9 Å². The molecule has 1 aromatic heterocycles. The normalized spacial score (nSPS) is 16.7. The molecule has 1 aromatic rings. The minimum absolute atomic E-state index is 0.210. The third-order valence-corrected chi connectivity index (χ3v) is 1.92. The number of carbonyl (C=O) groups is 1. The average molecular weight is 150 g/mol. The highest BCUT2D eigenvalue weighted by molar-refractivity contribution is 5.98. The van der Waals surface area contributed by atoms with Gasteiger partial charge in [0.1, 0.15) is 0 Å². The highest BCUT2D eigenvalue weighted by Crippen LogP contribution is 2.32. The molecule has 3 nitrogen and oxygen atoms in total. The molecule has 58 valence electrons. The molecule has 0 unspecified atom stereocenters. The van der Waals surface area contributed by atoms with Crippen LogP contribution in [0.5, 0.6) is 0 Å². The second kappa shape index (κ2) is 2.12. The first-order valence-electron chi connectivity index (χ1n) is 3.75. The minimum atomic E-state index is 0.210. The maximum Gasteiger partial charge on any atom is 0.182 e. The summed E-state index contributed by atoms with van der Waals surface area (Å²) in [7, 11) is 0. The van der Waals surface area contributed by atoms with Crippen LogP contribution in [-0.2, 0) is 0 Å². The van der Waals surface area contributed by atoms with Crippen molar-refractivity contribution in [3.05, 3.63) is 18.0 Å². The Hall–Kier alpha value is -1.25. The van der Waals surface area contributed by atoms with Crippen LogP contribution in [0.3, 0.4) is 0 Å². The third kappa shape index (κ3) is 1.13. The number of aromatic amines is 1. The van der Waals surface area contributed by atoms with E-state index >= 15 is 0 Å². The molecule has 0 aromatic carbocycles. The van der Waals surface area contributed by atoms with Gasteiger partial charge in [-0.25, -0.2) is 0 Å². The Balaban J connectivity index is 2.21. The van der Waals surface area contributed by atoms with Gasteiger partial charge in [0.15, 0.2) is 5.78 Å². The summed E-state index contributed by atoms with van der Waals surface area (Å²) in [5.74, 6) is 0.481. The lowest BCUT2D eigenvalue weighted by Gasteiger charge is -1.90. The fraction of sp³-hybridized carbons (Fsp3) is 0.375. The number of aromatic nitrogens is 1. The first-order valence-corrected chi connectivity index (χ1v) is 3.75. The van der Waals surface area contributed by atoms with Crippen LogP contribution in [0.4, 0.5) is 5.69 Å². The van der Waals surface area contributed by atoms with Gasteiger partial charge in [-0.3, -0.25) is 4.79 Å². The summed E-state index contributed by atoms with van der Waals surface area (Å²) in [5.41, 5.74) is 6.74. The second-order valence-corrected chi connectivity index (χ2v) is 2.99. The summed E-state index contributed by atoms with van der Waals surface area (Å²) >= 11 is 0. The molecule has 1 aliphatic carbocycles. The van der Waals surface area contributed by atoms with Gasteiger partial charge < -0.3 is 10.7 Å². The molecule has 11 heavy (non-hydrogen) atoms. The van der Waals surface area contributed by atoms with E-state index in [-0.39, 0.29) is 11.7 Å². The Labute approximate surface area is 64.6 Å². The largest absolute Gasteiger partial charge is 0.397 e. The predicted molar refractivity (Wildman–Crippen MR) is 42.3 cm³/mol. The molecule has 2 rings (SSSR count). The zero-order valence-corrected chi connectivity index (χ0v) is 6.13. The van der Waals surface area contributed by atoms with Crippen molar-refractivity contribution in [2.24, 2.45) is 5.92 Å². The number of hydrogen-bond acceptors (Lipinski definition) is 2. The molecular formula is C8H10N2O. The number of rotatable bonds is 2. The van der Waals surface area contributed by atoms with Crippen molar-refractivity contribution in [3.8, 4) is 0 Å². The molecule has 0 saturated heterocycles. The number of Topliss-reactive ketones (excluding diaryl/α,β-unsaturated/α-hetero) is 1. The smallest absolute Gasteiger partial charge is 0.182 e. The van der Waals surface area contributed by atoms with Crippen LogP contribution in [-0.4, -0.2) is 10.8 Å². The van der Waals surface area contributed by atoms with Crippen molar-refractivity contribution >= 4 is 11.5 Å². The van der Waals surface area contributed by atoms with E-state index in [1.807, 2.05) is 0 Å². The minimum Gasteiger partial charge on any atom is -0.397 e. The zero-order valence-electron chi connectivity index (χ0n) is 6.13. The number of ketones is 1. The predicted octanol–water partition coefficient (Wildman–Crippen LogP) is 1.19. The highest BCUT2D eigenvalue weighted by Gasteiger charge is 2.30. The van der Waals surface area contributed by atoms with Gasteiger partial charge in [-0.1, -0.05) is 0 Å². The van der Waals surface area contributed by atoms with Gasteiger partial charge >= 0.3 is 0 Å². The summed E-state index contributed by atoms with van der Waals surface area (Å²) in [6.07, 6.45) is 3.73. The fourth-order valence-corrected chi connectivity index (χ4v) is 1.12. The number of carbonyl (C=O) groups excluding carboxylic acids is 1. The SMILES string of the molecule is Nc1c[nH]c(C(=O)C2CC2)c1. The van der Waals surface area contributed by atoms with Gasteiger partial charge in [-0.15, -0.1) is 0 Å². The van der Waals surface area contributed by atoms with E-state index in [1.165, 1.54) is 0 Å². The fourth-order valence-electron chi connectivity index (χ4n) is 1.12. The molecule has 0 aliphatic heterocycles. The summed E-state index contributed by atoms with van der Waals surface area (Å²) in [5, 5.41) is 0. The van der Waals surface area contributed by atoms with Crippen LogP contribution in [0.25, 0.3) is 0 Å². The Morgan fingerprint density at radius 1 is 1.64 bits per heavy atom. The van der Waals surface area contributed by atoms with Crippen LogP contribution in [0.15, 0.2) is 12.3 Å². The summed E-state index contributed by atoms with van der Waals surface area (Å²) in [6, 6.07) is 1.70. The van der Waals surface area contributed by atoms with Crippen molar-refractivity contribution in [1.29, 1.82) is 0 Å². The Kier molecular flexibility index (Phi) is 1.24. The Morgan fingerprint density at radius 3 is 2.82 bits per heavy atom. The van der Waals surface area contributed by atoms with Gasteiger partial charge in [-0.2, -0.15) is 0 Å². The lowest BCUT2D eigenvalue weighted by molar-refractivity contribution is 0.0963. The van der Waals surface area contributed by atoms with Crippen molar-refractivity contribution in [2.75, 3.05) is 5.73 Å². The number of H-pyrrole nitrogens is 1. The molecule has 0 amide bonds. The van der Waals surface area contributed by atoms with Crippen LogP contribution in [0.1, 0.15) is 23.3 Å². The molecule has 1 heterocycles. The lowest BCUT2D eigenvalue weighted by Crippen LogP contribution is -2.00. The number of hydrogen-bond donors (Lipinski definition) is 2. The molecule has 1 fully saturated rings. The van der Waals surface area contributed by atoms with E-state index in [4.69, 9.17) is 5.73 Å². The Morgan fingerprint density at radius 2 is 2.36 bits per heavy atom. The number of nitrogens with two attached hydrogens (primary N) is 1. The summed E-state index contributed by atoms with van der Waals surface area (Å²) in [6.45, 7) is 0. The van der Waals surface area contributed by atoms with Gasteiger partial charge in [0.2, 0.25) is 0 Å². The van der Waals surface area contributed by atoms with Crippen molar-refractivity contribution in [2.45, 2.75) is 12.8 Å². The van der Waals surface area contributed by atoms with E-state index in [0.29, 0.717) is 11.4 Å².